The van der Waals surface area contributed by atoms with Crippen molar-refractivity contribution >= 4 is 44.6 Å². The topological polar surface area (TPSA) is 16.4 Å². The Morgan fingerprint density at radius 2 is 0.921 bits per heavy atom. The van der Waals surface area contributed by atoms with Crippen LogP contribution in [0.3, 0.4) is 0 Å². The first-order chi connectivity index (χ1) is 31.3. The van der Waals surface area contributed by atoms with Crippen LogP contribution < -0.4 is 4.90 Å². The largest absolute Gasteiger partial charge is 0.455 e. The van der Waals surface area contributed by atoms with Crippen molar-refractivity contribution in [1.82, 2.24) is 0 Å². The van der Waals surface area contributed by atoms with Gasteiger partial charge in [-0.2, -0.15) is 0 Å². The maximum Gasteiger partial charge on any atom is 0.143 e. The van der Waals surface area contributed by atoms with Crippen LogP contribution in [0.1, 0.15) is 35.1 Å². The van der Waals surface area contributed by atoms with Crippen molar-refractivity contribution in [3.8, 4) is 44.5 Å². The van der Waals surface area contributed by atoms with Crippen molar-refractivity contribution in [3.63, 3.8) is 0 Å². The zero-order valence-corrected chi connectivity index (χ0v) is 34.6. The molecular weight excluding hydrogens is 763 g/mol. The first-order valence-electron chi connectivity index (χ1n) is 22.1. The SMILES string of the molecule is C1=CC2=C(CC1)c1ccccc1C21c2ccccc2-c2c(-c3ccc(N(c4ccc(-c5ccccc5)cc4)c4ccc(-c5cccc6c5oc5ccccc56)cc4)cc3)cccc21. The van der Waals surface area contributed by atoms with Gasteiger partial charge in [-0.25, -0.2) is 0 Å². The minimum Gasteiger partial charge on any atom is -0.455 e. The average Bonchev–Trinajstić information content (AvgIpc) is 4.00. The van der Waals surface area contributed by atoms with E-state index < -0.39 is 0 Å². The normalized spacial score (nSPS) is 15.7. The number of para-hydroxylation sites is 2. The van der Waals surface area contributed by atoms with Gasteiger partial charge >= 0.3 is 0 Å². The minimum absolute atomic E-state index is 0.324. The van der Waals surface area contributed by atoms with E-state index in [0.29, 0.717) is 0 Å². The van der Waals surface area contributed by atoms with Gasteiger partial charge < -0.3 is 9.32 Å². The highest BCUT2D eigenvalue weighted by Crippen LogP contribution is 2.64. The summed E-state index contributed by atoms with van der Waals surface area (Å²) in [7, 11) is 0. The molecular formula is C61H41NO. The highest BCUT2D eigenvalue weighted by atomic mass is 16.3. The Labute approximate surface area is 367 Å². The van der Waals surface area contributed by atoms with Gasteiger partial charge in [0.15, 0.2) is 0 Å². The van der Waals surface area contributed by atoms with Crippen molar-refractivity contribution in [3.05, 3.63) is 252 Å². The molecule has 63 heavy (non-hydrogen) atoms. The molecule has 0 aliphatic heterocycles. The van der Waals surface area contributed by atoms with E-state index in [1.165, 1.54) is 66.8 Å². The molecule has 1 spiro atoms. The lowest BCUT2D eigenvalue weighted by Gasteiger charge is -2.32. The fraction of sp³-hybridized carbons (Fsp3) is 0.0492. The molecule has 1 heterocycles. The molecule has 0 amide bonds. The third kappa shape index (κ3) is 5.31. The number of fused-ring (bicyclic) bond motifs is 12. The molecule has 2 nitrogen and oxygen atoms in total. The highest BCUT2D eigenvalue weighted by molar-refractivity contribution is 6.09. The lowest BCUT2D eigenvalue weighted by molar-refractivity contribution is 0.670. The second kappa shape index (κ2) is 14.1. The fourth-order valence-corrected chi connectivity index (χ4v) is 11.1. The predicted molar refractivity (Wildman–Crippen MR) is 262 cm³/mol. The van der Waals surface area contributed by atoms with Crippen LogP contribution in [0, 0.1) is 0 Å². The summed E-state index contributed by atoms with van der Waals surface area (Å²) >= 11 is 0. The summed E-state index contributed by atoms with van der Waals surface area (Å²) in [6.07, 6.45) is 6.97. The van der Waals surface area contributed by atoms with E-state index in [9.17, 15) is 0 Å². The number of nitrogens with zero attached hydrogens (tertiary/aromatic N) is 1. The quantitative estimate of drug-likeness (QED) is 0.166. The van der Waals surface area contributed by atoms with Crippen LogP contribution in [0.15, 0.2) is 234 Å². The lowest BCUT2D eigenvalue weighted by atomic mass is 9.69. The molecule has 1 unspecified atom stereocenters. The fourth-order valence-electron chi connectivity index (χ4n) is 11.1. The van der Waals surface area contributed by atoms with E-state index in [2.05, 4.69) is 217 Å². The second-order valence-corrected chi connectivity index (χ2v) is 17.0. The standard InChI is InChI=1S/C61H41NO/c1-2-14-40(15-3-1)41-28-34-44(35-29-41)62(46-38-32-43(33-39-46)48-21-12-22-52-51-18-7-11-27-58(51)63-60(48)52)45-36-30-42(31-37-45)47-20-13-26-57-59(47)53-19-6-10-25-56(53)61(57)54-23-8-4-16-49(54)50-17-5-9-24-55(50)61/h1-4,6-16,18-39H,5,17H2. The summed E-state index contributed by atoms with van der Waals surface area (Å²) in [6.45, 7) is 0. The van der Waals surface area contributed by atoms with Crippen LogP contribution in [0.5, 0.6) is 0 Å². The molecule has 13 rings (SSSR count). The lowest BCUT2D eigenvalue weighted by Crippen LogP contribution is -2.27. The number of furan rings is 1. The van der Waals surface area contributed by atoms with Gasteiger partial charge in [-0.3, -0.25) is 0 Å². The maximum atomic E-state index is 6.45. The number of hydrogen-bond acceptors (Lipinski definition) is 2. The Balaban J connectivity index is 0.924. The van der Waals surface area contributed by atoms with Crippen LogP contribution in [0.2, 0.25) is 0 Å². The van der Waals surface area contributed by atoms with Gasteiger partial charge in [0.1, 0.15) is 11.2 Å². The monoisotopic (exact) mass is 803 g/mol. The van der Waals surface area contributed by atoms with E-state index in [1.807, 2.05) is 12.1 Å². The minimum atomic E-state index is -0.324. The molecule has 0 saturated heterocycles. The zero-order chi connectivity index (χ0) is 41.5. The molecule has 3 aliphatic carbocycles. The number of rotatable bonds is 6. The van der Waals surface area contributed by atoms with Crippen molar-refractivity contribution in [2.45, 2.75) is 18.3 Å². The van der Waals surface area contributed by atoms with Crippen molar-refractivity contribution < 1.29 is 4.42 Å². The molecule has 0 N–H and O–H groups in total. The summed E-state index contributed by atoms with van der Waals surface area (Å²) in [4.78, 5) is 2.36. The second-order valence-electron chi connectivity index (χ2n) is 17.0. The Morgan fingerprint density at radius 3 is 1.67 bits per heavy atom. The van der Waals surface area contributed by atoms with Crippen LogP contribution in [-0.2, 0) is 5.41 Å². The molecule has 1 aromatic heterocycles. The zero-order valence-electron chi connectivity index (χ0n) is 34.6. The van der Waals surface area contributed by atoms with Crippen LogP contribution >= 0.6 is 0 Å². The van der Waals surface area contributed by atoms with Gasteiger partial charge in [-0.05, 0) is 128 Å². The van der Waals surface area contributed by atoms with Gasteiger partial charge in [-0.1, -0.05) is 182 Å². The number of anilines is 3. The summed E-state index contributed by atoms with van der Waals surface area (Å²) in [5.41, 5.74) is 23.0. The molecule has 0 bridgehead atoms. The number of hydrogen-bond donors (Lipinski definition) is 0. The van der Waals surface area contributed by atoms with Crippen molar-refractivity contribution in [1.29, 1.82) is 0 Å². The van der Waals surface area contributed by atoms with E-state index in [0.717, 1.165) is 63.0 Å². The Hall–Kier alpha value is -7.94. The maximum absolute atomic E-state index is 6.45. The van der Waals surface area contributed by atoms with Gasteiger partial charge in [0.2, 0.25) is 0 Å². The third-order valence-electron chi connectivity index (χ3n) is 13.8. The molecule has 0 saturated carbocycles. The third-order valence-corrected chi connectivity index (χ3v) is 13.8. The predicted octanol–water partition coefficient (Wildman–Crippen LogP) is 16.5. The molecule has 9 aromatic carbocycles. The summed E-state index contributed by atoms with van der Waals surface area (Å²) < 4.78 is 6.45. The molecule has 0 radical (unpaired) electrons. The highest BCUT2D eigenvalue weighted by Gasteiger charge is 2.52. The van der Waals surface area contributed by atoms with Gasteiger partial charge in [0, 0.05) is 33.4 Å². The van der Waals surface area contributed by atoms with E-state index in [1.54, 1.807) is 0 Å². The van der Waals surface area contributed by atoms with Crippen molar-refractivity contribution in [2.75, 3.05) is 4.90 Å². The summed E-state index contributed by atoms with van der Waals surface area (Å²) in [5, 5.41) is 2.27. The molecule has 296 valence electrons. The molecule has 1 atom stereocenters. The van der Waals surface area contributed by atoms with Crippen molar-refractivity contribution in [2.24, 2.45) is 0 Å². The summed E-state index contributed by atoms with van der Waals surface area (Å²) in [6, 6.07) is 77.7. The van der Waals surface area contributed by atoms with Gasteiger partial charge in [0.25, 0.3) is 0 Å². The van der Waals surface area contributed by atoms with E-state index >= 15 is 0 Å². The van der Waals surface area contributed by atoms with Crippen LogP contribution in [0.4, 0.5) is 17.1 Å². The Kier molecular flexibility index (Phi) is 7.98. The number of allylic oxidation sites excluding steroid dienone is 4. The smallest absolute Gasteiger partial charge is 0.143 e. The average molecular weight is 804 g/mol. The molecule has 2 heteroatoms. The number of benzene rings is 9. The Morgan fingerprint density at radius 1 is 0.397 bits per heavy atom. The Bertz CT molecular complexity index is 3480. The molecule has 0 fully saturated rings. The van der Waals surface area contributed by atoms with Gasteiger partial charge in [-0.15, -0.1) is 0 Å². The first-order valence-corrected chi connectivity index (χ1v) is 22.1. The van der Waals surface area contributed by atoms with E-state index in [-0.39, 0.29) is 5.41 Å². The summed E-state index contributed by atoms with van der Waals surface area (Å²) in [5.74, 6) is 0. The molecule has 10 aromatic rings. The van der Waals surface area contributed by atoms with Crippen LogP contribution in [-0.4, -0.2) is 0 Å². The van der Waals surface area contributed by atoms with E-state index in [4.69, 9.17) is 4.42 Å². The van der Waals surface area contributed by atoms with Crippen LogP contribution in [0.25, 0.3) is 72.0 Å². The first kappa shape index (κ1) is 35.8. The van der Waals surface area contributed by atoms with Gasteiger partial charge in [0.05, 0.1) is 5.41 Å². The molecule has 3 aliphatic rings.